The maximum atomic E-state index is 11.5. The van der Waals surface area contributed by atoms with Crippen LogP contribution in [0.5, 0.6) is 0 Å². The second-order valence-corrected chi connectivity index (χ2v) is 4.76. The predicted octanol–water partition coefficient (Wildman–Crippen LogP) is 0.282. The molecule has 16 heavy (non-hydrogen) atoms. The lowest BCUT2D eigenvalue weighted by Crippen LogP contribution is -2.44. The minimum absolute atomic E-state index is 0.501. The number of carbonyl (C=O) groups is 3. The van der Waals surface area contributed by atoms with Crippen molar-refractivity contribution in [1.82, 2.24) is 0 Å². The summed E-state index contributed by atoms with van der Waals surface area (Å²) in [7, 11) is 0. The molecule has 0 aliphatic rings. The summed E-state index contributed by atoms with van der Waals surface area (Å²) in [4.78, 5) is 32.7. The van der Waals surface area contributed by atoms with Gasteiger partial charge in [-0.15, -0.1) is 0 Å². The van der Waals surface area contributed by atoms with Crippen molar-refractivity contribution in [1.29, 1.82) is 0 Å². The molecule has 0 amide bonds. The largest absolute Gasteiger partial charge is 0.481 e. The highest BCUT2D eigenvalue weighted by atomic mass is 16.4. The van der Waals surface area contributed by atoms with E-state index >= 15 is 0 Å². The van der Waals surface area contributed by atoms with Crippen molar-refractivity contribution in [3.63, 3.8) is 0 Å². The van der Waals surface area contributed by atoms with Crippen LogP contribution in [0.3, 0.4) is 0 Å². The number of rotatable bonds is 5. The summed E-state index contributed by atoms with van der Waals surface area (Å²) < 4.78 is 0. The number of Topliss-reactive ketones (excluding diaryl/α,β-unsaturated/α-hetero) is 1. The lowest BCUT2D eigenvalue weighted by atomic mass is 9.82. The van der Waals surface area contributed by atoms with E-state index in [0.717, 1.165) is 0 Å². The molecule has 0 fully saturated rings. The second kappa shape index (κ2) is 4.61. The van der Waals surface area contributed by atoms with E-state index in [9.17, 15) is 19.5 Å². The Morgan fingerprint density at radius 2 is 1.44 bits per heavy atom. The molecule has 0 aromatic carbocycles. The van der Waals surface area contributed by atoms with Crippen molar-refractivity contribution in [3.05, 3.63) is 0 Å². The molecule has 92 valence electrons. The topological polar surface area (TPSA) is 112 Å². The van der Waals surface area contributed by atoms with Gasteiger partial charge >= 0.3 is 11.9 Å². The number of hydrogen-bond acceptors (Lipinski definition) is 4. The van der Waals surface area contributed by atoms with Gasteiger partial charge in [-0.3, -0.25) is 9.59 Å². The molecule has 0 bridgehead atoms. The highest BCUT2D eigenvalue weighted by Crippen LogP contribution is 2.24. The molecule has 0 rings (SSSR count). The first-order chi connectivity index (χ1) is 6.99. The van der Waals surface area contributed by atoms with Crippen LogP contribution in [0.4, 0.5) is 0 Å². The lowest BCUT2D eigenvalue weighted by molar-refractivity contribution is -0.168. The first kappa shape index (κ1) is 14.6. The van der Waals surface area contributed by atoms with E-state index in [1.807, 2.05) is 0 Å². The van der Waals surface area contributed by atoms with Crippen LogP contribution in [-0.2, 0) is 14.4 Å². The van der Waals surface area contributed by atoms with E-state index in [0.29, 0.717) is 0 Å². The molecule has 0 radical (unpaired) electrons. The molecule has 0 saturated heterocycles. The van der Waals surface area contributed by atoms with Gasteiger partial charge in [-0.2, -0.15) is 0 Å². The zero-order valence-electron chi connectivity index (χ0n) is 9.48. The van der Waals surface area contributed by atoms with Crippen LogP contribution in [0, 0.1) is 5.41 Å². The van der Waals surface area contributed by atoms with Crippen LogP contribution < -0.4 is 0 Å². The Morgan fingerprint density at radius 3 is 1.69 bits per heavy atom. The molecule has 0 heterocycles. The van der Waals surface area contributed by atoms with Crippen LogP contribution in [0.1, 0.15) is 33.6 Å². The normalized spacial score (nSPS) is 15.2. The molecule has 0 aliphatic carbocycles. The van der Waals surface area contributed by atoms with Crippen molar-refractivity contribution in [2.24, 2.45) is 5.41 Å². The number of ketones is 1. The van der Waals surface area contributed by atoms with Crippen LogP contribution >= 0.6 is 0 Å². The monoisotopic (exact) mass is 232 g/mol. The molecule has 1 atom stereocenters. The molecular weight excluding hydrogens is 216 g/mol. The highest BCUT2D eigenvalue weighted by Gasteiger charge is 2.42. The van der Waals surface area contributed by atoms with Crippen molar-refractivity contribution in [2.45, 2.75) is 39.2 Å². The van der Waals surface area contributed by atoms with E-state index in [1.165, 1.54) is 0 Å². The summed E-state index contributed by atoms with van der Waals surface area (Å²) in [6.07, 6.45) is -1.71. The van der Waals surface area contributed by atoms with E-state index in [4.69, 9.17) is 10.2 Å². The summed E-state index contributed by atoms with van der Waals surface area (Å²) in [5.74, 6) is -3.67. The number of carboxylic acids is 2. The molecule has 3 N–H and O–H groups in total. The number of hydrogen-bond donors (Lipinski definition) is 3. The third-order valence-electron chi connectivity index (χ3n) is 2.13. The Hall–Kier alpha value is -1.43. The van der Waals surface area contributed by atoms with Crippen molar-refractivity contribution in [3.8, 4) is 0 Å². The van der Waals surface area contributed by atoms with E-state index in [2.05, 4.69) is 0 Å². The Labute approximate surface area is 92.9 Å². The number of aliphatic carboxylic acids is 2. The molecule has 6 nitrogen and oxygen atoms in total. The van der Waals surface area contributed by atoms with Crippen LogP contribution in [0.2, 0.25) is 0 Å². The van der Waals surface area contributed by atoms with Gasteiger partial charge in [0.05, 0.1) is 6.42 Å². The van der Waals surface area contributed by atoms with Gasteiger partial charge in [0.15, 0.2) is 5.60 Å². The van der Waals surface area contributed by atoms with Crippen molar-refractivity contribution in [2.75, 3.05) is 0 Å². The number of aliphatic hydroxyl groups is 1. The third kappa shape index (κ3) is 3.98. The van der Waals surface area contributed by atoms with Crippen LogP contribution in [-0.4, -0.2) is 38.6 Å². The average molecular weight is 232 g/mol. The molecule has 6 heteroatoms. The minimum Gasteiger partial charge on any atom is -0.481 e. The highest BCUT2D eigenvalue weighted by molar-refractivity contribution is 5.92. The Kier molecular flexibility index (Phi) is 4.20. The Morgan fingerprint density at radius 1 is 1.00 bits per heavy atom. The van der Waals surface area contributed by atoms with Crippen LogP contribution in [0.25, 0.3) is 0 Å². The van der Waals surface area contributed by atoms with Gasteiger partial charge in [0.1, 0.15) is 5.78 Å². The zero-order valence-corrected chi connectivity index (χ0v) is 9.48. The van der Waals surface area contributed by atoms with Gasteiger partial charge in [0, 0.05) is 11.8 Å². The fraction of sp³-hybridized carbons (Fsp3) is 0.700. The van der Waals surface area contributed by atoms with Crippen LogP contribution in [0.15, 0.2) is 0 Å². The van der Waals surface area contributed by atoms with Crippen molar-refractivity contribution >= 4 is 17.7 Å². The average Bonchev–Trinajstić information content (AvgIpc) is 1.99. The second-order valence-electron chi connectivity index (χ2n) is 4.76. The fourth-order valence-corrected chi connectivity index (χ4v) is 0.995. The molecule has 0 aromatic heterocycles. The summed E-state index contributed by atoms with van der Waals surface area (Å²) in [5, 5.41) is 26.8. The lowest BCUT2D eigenvalue weighted by Gasteiger charge is -2.25. The summed E-state index contributed by atoms with van der Waals surface area (Å²) >= 11 is 0. The minimum atomic E-state index is -2.53. The van der Waals surface area contributed by atoms with Gasteiger partial charge in [-0.25, -0.2) is 4.79 Å². The summed E-state index contributed by atoms with van der Waals surface area (Å²) in [6.45, 7) is 4.70. The first-order valence-corrected chi connectivity index (χ1v) is 4.70. The first-order valence-electron chi connectivity index (χ1n) is 4.70. The molecule has 0 saturated carbocycles. The quantitative estimate of drug-likeness (QED) is 0.627. The van der Waals surface area contributed by atoms with Gasteiger partial charge in [0.2, 0.25) is 0 Å². The molecule has 1 unspecified atom stereocenters. The van der Waals surface area contributed by atoms with Gasteiger partial charge in [-0.1, -0.05) is 20.8 Å². The standard InChI is InChI=1S/C10H16O6/c1-9(2,3)6(11)4-10(16,8(14)15)5-7(12)13/h16H,4-5H2,1-3H3,(H,12,13)(H,14,15). The van der Waals surface area contributed by atoms with E-state index < -0.39 is 41.6 Å². The Bertz CT molecular complexity index is 314. The Balaban J connectivity index is 4.90. The molecule has 0 aliphatic heterocycles. The van der Waals surface area contributed by atoms with Gasteiger partial charge < -0.3 is 15.3 Å². The third-order valence-corrected chi connectivity index (χ3v) is 2.13. The fourth-order valence-electron chi connectivity index (χ4n) is 0.995. The van der Waals surface area contributed by atoms with E-state index in [-0.39, 0.29) is 0 Å². The predicted molar refractivity (Wildman–Crippen MR) is 53.9 cm³/mol. The maximum absolute atomic E-state index is 11.5. The number of carboxylic acid groups (broad SMARTS) is 2. The summed E-state index contributed by atoms with van der Waals surface area (Å²) in [5.41, 5.74) is -3.35. The maximum Gasteiger partial charge on any atom is 0.336 e. The van der Waals surface area contributed by atoms with E-state index in [1.54, 1.807) is 20.8 Å². The SMILES string of the molecule is CC(C)(C)C(=O)CC(O)(CC(=O)O)C(=O)O. The van der Waals surface area contributed by atoms with Crippen molar-refractivity contribution < 1.29 is 29.7 Å². The molecular formula is C10H16O6. The van der Waals surface area contributed by atoms with Gasteiger partial charge in [0.25, 0.3) is 0 Å². The molecule has 0 aromatic rings. The van der Waals surface area contributed by atoms with Gasteiger partial charge in [-0.05, 0) is 0 Å². The number of carbonyl (C=O) groups excluding carboxylic acids is 1. The summed E-state index contributed by atoms with van der Waals surface area (Å²) in [6, 6.07) is 0. The smallest absolute Gasteiger partial charge is 0.336 e. The molecule has 0 spiro atoms. The zero-order chi connectivity index (χ0) is 13.1.